The third-order valence-corrected chi connectivity index (χ3v) is 4.84. The van der Waals surface area contributed by atoms with Crippen molar-refractivity contribution in [2.45, 2.75) is 19.3 Å². The lowest BCUT2D eigenvalue weighted by Gasteiger charge is -2.20. The van der Waals surface area contributed by atoms with E-state index in [0.29, 0.717) is 35.8 Å². The molecule has 0 unspecified atom stereocenters. The second kappa shape index (κ2) is 7.96. The molecular formula is C18H19ClN2O6. The number of hydrogen-bond donors (Lipinski definition) is 0. The van der Waals surface area contributed by atoms with Gasteiger partial charge in [-0.3, -0.25) is 24.1 Å². The first-order chi connectivity index (χ1) is 12.9. The van der Waals surface area contributed by atoms with Crippen LogP contribution in [0.1, 0.15) is 19.3 Å². The highest BCUT2D eigenvalue weighted by molar-refractivity contribution is 6.31. The summed E-state index contributed by atoms with van der Waals surface area (Å²) in [7, 11) is 1.48. The summed E-state index contributed by atoms with van der Waals surface area (Å²) < 4.78 is 10.3. The summed E-state index contributed by atoms with van der Waals surface area (Å²) >= 11 is 6.00. The van der Waals surface area contributed by atoms with Crippen LogP contribution in [0.3, 0.4) is 0 Å². The molecule has 3 rings (SSSR count). The third kappa shape index (κ3) is 4.05. The molecule has 0 saturated carbocycles. The zero-order chi connectivity index (χ0) is 19.6. The smallest absolute Gasteiger partial charge is 0.311 e. The Hall–Kier alpha value is -2.61. The van der Waals surface area contributed by atoms with Gasteiger partial charge in [0.1, 0.15) is 5.75 Å². The van der Waals surface area contributed by atoms with Gasteiger partial charge in [-0.05, 0) is 24.6 Å². The van der Waals surface area contributed by atoms with Crippen LogP contribution in [0.25, 0.3) is 0 Å². The van der Waals surface area contributed by atoms with Crippen molar-refractivity contribution < 1.29 is 28.7 Å². The lowest BCUT2D eigenvalue weighted by molar-refractivity contribution is -0.157. The predicted octanol–water partition coefficient (Wildman–Crippen LogP) is 1.39. The first kappa shape index (κ1) is 19.2. The largest absolute Gasteiger partial charge is 0.495 e. The number of nitrogens with zero attached hydrogens (tertiary/aromatic N) is 2. The van der Waals surface area contributed by atoms with Gasteiger partial charge in [-0.15, -0.1) is 0 Å². The highest BCUT2D eigenvalue weighted by Crippen LogP contribution is 2.35. The Balaban J connectivity index is 1.61. The summed E-state index contributed by atoms with van der Waals surface area (Å²) in [6.45, 7) is -0.0551. The molecule has 27 heavy (non-hydrogen) atoms. The minimum Gasteiger partial charge on any atom is -0.495 e. The van der Waals surface area contributed by atoms with Crippen LogP contribution in [0.5, 0.6) is 5.75 Å². The van der Waals surface area contributed by atoms with Crippen molar-refractivity contribution in [1.29, 1.82) is 0 Å². The number of hydrogen-bond acceptors (Lipinski definition) is 6. The Labute approximate surface area is 160 Å². The summed E-state index contributed by atoms with van der Waals surface area (Å²) in [6, 6.07) is 4.87. The van der Waals surface area contributed by atoms with E-state index in [1.54, 1.807) is 18.2 Å². The van der Waals surface area contributed by atoms with Crippen LogP contribution < -0.4 is 9.64 Å². The number of likely N-dealkylation sites (tertiary alicyclic amines) is 1. The second-order valence-electron chi connectivity index (χ2n) is 6.37. The van der Waals surface area contributed by atoms with Crippen LogP contribution in [-0.4, -0.2) is 55.4 Å². The first-order valence-corrected chi connectivity index (χ1v) is 8.92. The molecule has 2 fully saturated rings. The number of anilines is 1. The predicted molar refractivity (Wildman–Crippen MR) is 95.4 cm³/mol. The van der Waals surface area contributed by atoms with Gasteiger partial charge in [0.25, 0.3) is 5.91 Å². The van der Waals surface area contributed by atoms with Gasteiger partial charge in [0.2, 0.25) is 11.8 Å². The van der Waals surface area contributed by atoms with E-state index in [0.717, 1.165) is 4.90 Å². The lowest BCUT2D eigenvalue weighted by atomic mass is 10.1. The molecule has 2 heterocycles. The molecule has 2 aliphatic rings. The molecule has 0 bridgehead atoms. The summed E-state index contributed by atoms with van der Waals surface area (Å²) in [5.41, 5.74) is 0.476. The van der Waals surface area contributed by atoms with Crippen LogP contribution in [0.4, 0.5) is 5.69 Å². The number of halogens is 1. The molecular weight excluding hydrogens is 376 g/mol. The minimum atomic E-state index is -0.705. The molecule has 3 amide bonds. The molecule has 2 saturated heterocycles. The van der Waals surface area contributed by atoms with E-state index >= 15 is 0 Å². The van der Waals surface area contributed by atoms with Gasteiger partial charge in [0.15, 0.2) is 6.61 Å². The Morgan fingerprint density at radius 2 is 2.04 bits per heavy atom. The normalized spacial score (nSPS) is 19.6. The SMILES string of the molecule is COc1ccc(Cl)cc1N1C[C@@H](C(=O)OCC(=O)N2CCCC2=O)CC1=O. The van der Waals surface area contributed by atoms with E-state index in [4.69, 9.17) is 21.1 Å². The van der Waals surface area contributed by atoms with Crippen molar-refractivity contribution in [3.8, 4) is 5.75 Å². The maximum atomic E-state index is 12.4. The number of carbonyl (C=O) groups excluding carboxylic acids is 4. The molecule has 0 radical (unpaired) electrons. The average molecular weight is 395 g/mol. The highest BCUT2D eigenvalue weighted by atomic mass is 35.5. The monoisotopic (exact) mass is 394 g/mol. The van der Waals surface area contributed by atoms with Gasteiger partial charge in [-0.25, -0.2) is 0 Å². The molecule has 0 N–H and O–H groups in total. The number of carbonyl (C=O) groups is 4. The molecule has 1 atom stereocenters. The fraction of sp³-hybridized carbons (Fsp3) is 0.444. The molecule has 9 heteroatoms. The number of methoxy groups -OCH3 is 1. The van der Waals surface area contributed by atoms with Crippen molar-refractivity contribution in [2.75, 3.05) is 31.7 Å². The molecule has 1 aromatic carbocycles. The first-order valence-electron chi connectivity index (χ1n) is 8.54. The van der Waals surface area contributed by atoms with E-state index in [1.165, 1.54) is 12.0 Å². The summed E-state index contributed by atoms with van der Waals surface area (Å²) in [5.74, 6) is -1.95. The zero-order valence-electron chi connectivity index (χ0n) is 14.8. The number of rotatable bonds is 5. The maximum absolute atomic E-state index is 12.4. The summed E-state index contributed by atoms with van der Waals surface area (Å²) in [5, 5.41) is 0.436. The van der Waals surface area contributed by atoms with Crippen molar-refractivity contribution in [3.05, 3.63) is 23.2 Å². The van der Waals surface area contributed by atoms with Gasteiger partial charge >= 0.3 is 5.97 Å². The standard InChI is InChI=1S/C18H19ClN2O6/c1-26-14-5-4-12(19)8-13(14)21-9-11(7-16(21)23)18(25)27-10-17(24)20-6-2-3-15(20)22/h4-5,8,11H,2-3,6-7,9-10H2,1H3/t11-/m0/s1. The van der Waals surface area contributed by atoms with Gasteiger partial charge in [-0.2, -0.15) is 0 Å². The van der Waals surface area contributed by atoms with Gasteiger partial charge < -0.3 is 14.4 Å². The quantitative estimate of drug-likeness (QED) is 0.701. The minimum absolute atomic E-state index is 0.0364. The second-order valence-corrected chi connectivity index (χ2v) is 6.81. The number of benzene rings is 1. The Morgan fingerprint density at radius 1 is 1.26 bits per heavy atom. The molecule has 0 spiro atoms. The number of amides is 3. The molecule has 0 aromatic heterocycles. The third-order valence-electron chi connectivity index (χ3n) is 4.60. The van der Waals surface area contributed by atoms with E-state index in [2.05, 4.69) is 0 Å². The number of ether oxygens (including phenoxy) is 2. The summed E-state index contributed by atoms with van der Waals surface area (Å²) in [6.07, 6.45) is 0.907. The zero-order valence-corrected chi connectivity index (χ0v) is 15.5. The lowest BCUT2D eigenvalue weighted by Crippen LogP contribution is -2.36. The number of imide groups is 1. The van der Waals surface area contributed by atoms with E-state index < -0.39 is 24.4 Å². The van der Waals surface area contributed by atoms with E-state index in [9.17, 15) is 19.2 Å². The highest BCUT2D eigenvalue weighted by Gasteiger charge is 2.38. The average Bonchev–Trinajstić information content (AvgIpc) is 3.25. The topological polar surface area (TPSA) is 93.2 Å². The van der Waals surface area contributed by atoms with E-state index in [-0.39, 0.29) is 24.8 Å². The van der Waals surface area contributed by atoms with Crippen LogP contribution >= 0.6 is 11.6 Å². The fourth-order valence-corrected chi connectivity index (χ4v) is 3.38. The summed E-state index contributed by atoms with van der Waals surface area (Å²) in [4.78, 5) is 50.7. The molecule has 0 aliphatic carbocycles. The van der Waals surface area contributed by atoms with Crippen LogP contribution in [0.15, 0.2) is 18.2 Å². The Kier molecular flexibility index (Phi) is 5.65. The van der Waals surface area contributed by atoms with Crippen LogP contribution in [0, 0.1) is 5.92 Å². The van der Waals surface area contributed by atoms with Gasteiger partial charge in [0, 0.05) is 31.0 Å². The molecule has 1 aromatic rings. The van der Waals surface area contributed by atoms with Crippen molar-refractivity contribution in [1.82, 2.24) is 4.90 Å². The van der Waals surface area contributed by atoms with Gasteiger partial charge in [0.05, 0.1) is 18.7 Å². The molecule has 2 aliphatic heterocycles. The number of esters is 1. The Morgan fingerprint density at radius 3 is 2.70 bits per heavy atom. The van der Waals surface area contributed by atoms with Crippen molar-refractivity contribution in [3.63, 3.8) is 0 Å². The Bertz CT molecular complexity index is 796. The van der Waals surface area contributed by atoms with Crippen molar-refractivity contribution >= 4 is 41.0 Å². The molecule has 144 valence electrons. The van der Waals surface area contributed by atoms with Crippen LogP contribution in [-0.2, 0) is 23.9 Å². The van der Waals surface area contributed by atoms with Crippen LogP contribution in [0.2, 0.25) is 5.02 Å². The maximum Gasteiger partial charge on any atom is 0.311 e. The van der Waals surface area contributed by atoms with Crippen molar-refractivity contribution in [2.24, 2.45) is 5.92 Å². The van der Waals surface area contributed by atoms with E-state index in [1.807, 2.05) is 0 Å². The fourth-order valence-electron chi connectivity index (χ4n) is 3.21. The molecule has 8 nitrogen and oxygen atoms in total. The van der Waals surface area contributed by atoms with Gasteiger partial charge in [-0.1, -0.05) is 11.6 Å².